The topological polar surface area (TPSA) is 83.4 Å². The number of rotatable bonds is 6. The molecule has 160 valence electrons. The van der Waals surface area contributed by atoms with E-state index < -0.39 is 0 Å². The van der Waals surface area contributed by atoms with Crippen LogP contribution in [0.5, 0.6) is 0 Å². The summed E-state index contributed by atoms with van der Waals surface area (Å²) in [6.45, 7) is 7.22. The summed E-state index contributed by atoms with van der Waals surface area (Å²) in [6.07, 6.45) is 3.80. The van der Waals surface area contributed by atoms with E-state index in [2.05, 4.69) is 38.5 Å². The van der Waals surface area contributed by atoms with Crippen LogP contribution in [0.4, 0.5) is 11.6 Å². The molecule has 0 spiro atoms. The van der Waals surface area contributed by atoms with Gasteiger partial charge in [-0.15, -0.1) is 0 Å². The summed E-state index contributed by atoms with van der Waals surface area (Å²) in [5, 5.41) is 3.00. The van der Waals surface area contributed by atoms with Gasteiger partial charge in [-0.1, -0.05) is 36.9 Å². The molecular weight excluding hydrogens is 392 g/mol. The first-order chi connectivity index (χ1) is 15.0. The van der Waals surface area contributed by atoms with Gasteiger partial charge < -0.3 is 19.7 Å². The summed E-state index contributed by atoms with van der Waals surface area (Å²) in [5.41, 5.74) is 3.29. The monoisotopic (exact) mass is 418 g/mol. The Kier molecular flexibility index (Phi) is 5.70. The van der Waals surface area contributed by atoms with Crippen molar-refractivity contribution in [3.63, 3.8) is 0 Å². The van der Waals surface area contributed by atoms with Crippen molar-refractivity contribution in [3.05, 3.63) is 60.8 Å². The Morgan fingerprint density at radius 2 is 2.10 bits per heavy atom. The molecule has 0 unspecified atom stereocenters. The Morgan fingerprint density at radius 3 is 2.81 bits per heavy atom. The molecule has 0 radical (unpaired) electrons. The molecular formula is C23H26N6O2. The molecule has 8 nitrogen and oxygen atoms in total. The van der Waals surface area contributed by atoms with E-state index in [1.165, 1.54) is 11.0 Å². The zero-order valence-corrected chi connectivity index (χ0v) is 17.8. The molecule has 1 atom stereocenters. The number of aromatic nitrogens is 3. The van der Waals surface area contributed by atoms with Crippen LogP contribution in [0.15, 0.2) is 55.3 Å². The zero-order chi connectivity index (χ0) is 22.0. The van der Waals surface area contributed by atoms with Gasteiger partial charge in [-0.25, -0.2) is 4.98 Å². The van der Waals surface area contributed by atoms with Crippen LogP contribution in [-0.2, 0) is 16.1 Å². The second-order valence-corrected chi connectivity index (χ2v) is 7.75. The highest BCUT2D eigenvalue weighted by Crippen LogP contribution is 2.28. The molecule has 3 heterocycles. The molecule has 1 N–H and O–H groups in total. The first-order valence-corrected chi connectivity index (χ1v) is 10.3. The van der Waals surface area contributed by atoms with Gasteiger partial charge in [0.15, 0.2) is 5.65 Å². The van der Waals surface area contributed by atoms with Gasteiger partial charge in [-0.3, -0.25) is 9.59 Å². The third kappa shape index (κ3) is 4.28. The van der Waals surface area contributed by atoms with Crippen molar-refractivity contribution < 1.29 is 9.59 Å². The summed E-state index contributed by atoms with van der Waals surface area (Å²) in [6, 6.07) is 12.2. The maximum atomic E-state index is 12.1. The quantitative estimate of drug-likeness (QED) is 0.622. The molecule has 1 fully saturated rings. The third-order valence-electron chi connectivity index (χ3n) is 5.53. The second-order valence-electron chi connectivity index (χ2n) is 7.75. The van der Waals surface area contributed by atoms with Crippen molar-refractivity contribution in [2.24, 2.45) is 0 Å². The summed E-state index contributed by atoms with van der Waals surface area (Å²) in [7, 11) is 1.70. The number of anilines is 2. The highest BCUT2D eigenvalue weighted by atomic mass is 16.2. The third-order valence-corrected chi connectivity index (χ3v) is 5.53. The molecule has 0 bridgehead atoms. The number of nitrogens with one attached hydrogen (secondary N) is 1. The highest BCUT2D eigenvalue weighted by Gasteiger charge is 2.28. The van der Waals surface area contributed by atoms with Gasteiger partial charge in [0.2, 0.25) is 17.8 Å². The molecule has 3 aromatic rings. The zero-order valence-electron chi connectivity index (χ0n) is 17.8. The van der Waals surface area contributed by atoms with Crippen molar-refractivity contribution in [1.29, 1.82) is 0 Å². The fourth-order valence-electron chi connectivity index (χ4n) is 3.94. The number of fused-ring (bicyclic) bond motifs is 1. The van der Waals surface area contributed by atoms with Crippen LogP contribution in [0.1, 0.15) is 18.9 Å². The predicted molar refractivity (Wildman–Crippen MR) is 121 cm³/mol. The van der Waals surface area contributed by atoms with Gasteiger partial charge in [0, 0.05) is 33.1 Å². The SMILES string of the molecule is C=CC(=O)N(C)c1cnc2nc(N3CC[C@@H](NC(C)=O)C3)n(Cc3ccccc3)c2c1. The molecule has 8 heteroatoms. The lowest BCUT2D eigenvalue weighted by Gasteiger charge is -2.20. The lowest BCUT2D eigenvalue weighted by molar-refractivity contribution is -0.119. The van der Waals surface area contributed by atoms with E-state index in [4.69, 9.17) is 4.98 Å². The van der Waals surface area contributed by atoms with E-state index in [0.29, 0.717) is 24.4 Å². The minimum Gasteiger partial charge on any atom is -0.352 e. The number of carbonyl (C=O) groups is 2. The number of likely N-dealkylation sites (N-methyl/N-ethyl adjacent to an activating group) is 1. The minimum atomic E-state index is -0.201. The molecule has 2 aromatic heterocycles. The van der Waals surface area contributed by atoms with E-state index in [0.717, 1.165) is 30.0 Å². The predicted octanol–water partition coefficient (Wildman–Crippen LogP) is 2.34. The highest BCUT2D eigenvalue weighted by molar-refractivity contribution is 6.01. The molecule has 2 amide bonds. The first-order valence-electron chi connectivity index (χ1n) is 10.3. The Bertz CT molecular complexity index is 1120. The minimum absolute atomic E-state index is 0.0223. The van der Waals surface area contributed by atoms with Gasteiger partial charge in [0.05, 0.1) is 23.9 Å². The van der Waals surface area contributed by atoms with E-state index in [-0.39, 0.29) is 17.9 Å². The molecule has 1 aliphatic rings. The number of hydrogen-bond donors (Lipinski definition) is 1. The Labute approximate surface area is 181 Å². The van der Waals surface area contributed by atoms with Gasteiger partial charge in [0.25, 0.3) is 0 Å². The largest absolute Gasteiger partial charge is 0.352 e. The molecule has 1 aromatic carbocycles. The Morgan fingerprint density at radius 1 is 1.32 bits per heavy atom. The maximum Gasteiger partial charge on any atom is 0.250 e. The standard InChI is InChI=1S/C23H26N6O2/c1-4-21(31)27(3)19-12-20-22(24-13-19)26-23(28-11-10-18(15-28)25-16(2)30)29(20)14-17-8-6-5-7-9-17/h4-9,12-13,18H,1,10-11,14-15H2,2-3H3,(H,25,30)/t18-/m1/s1. The lowest BCUT2D eigenvalue weighted by atomic mass is 10.2. The number of carbonyl (C=O) groups excluding carboxylic acids is 2. The van der Waals surface area contributed by atoms with E-state index >= 15 is 0 Å². The fraction of sp³-hybridized carbons (Fsp3) is 0.304. The smallest absolute Gasteiger partial charge is 0.250 e. The van der Waals surface area contributed by atoms with Crippen molar-refractivity contribution in [3.8, 4) is 0 Å². The first kappa shape index (κ1) is 20.6. The number of hydrogen-bond acceptors (Lipinski definition) is 5. The van der Waals surface area contributed by atoms with Gasteiger partial charge in [-0.2, -0.15) is 4.98 Å². The van der Waals surface area contributed by atoms with Crippen LogP contribution in [-0.4, -0.2) is 52.5 Å². The number of imidazole rings is 1. The van der Waals surface area contributed by atoms with Crippen LogP contribution in [0.3, 0.4) is 0 Å². The lowest BCUT2D eigenvalue weighted by Crippen LogP contribution is -2.36. The summed E-state index contributed by atoms with van der Waals surface area (Å²) in [4.78, 5) is 36.6. The summed E-state index contributed by atoms with van der Waals surface area (Å²) < 4.78 is 2.13. The molecule has 1 aliphatic heterocycles. The van der Waals surface area contributed by atoms with E-state index in [9.17, 15) is 9.59 Å². The van der Waals surface area contributed by atoms with Crippen LogP contribution in [0.2, 0.25) is 0 Å². The average Bonchev–Trinajstić information content (AvgIpc) is 3.37. The van der Waals surface area contributed by atoms with E-state index in [1.54, 1.807) is 20.2 Å². The van der Waals surface area contributed by atoms with Crippen molar-refractivity contribution in [1.82, 2.24) is 19.9 Å². The number of pyridine rings is 1. The van der Waals surface area contributed by atoms with Gasteiger partial charge >= 0.3 is 0 Å². The normalized spacial score (nSPS) is 15.8. The fourth-order valence-corrected chi connectivity index (χ4v) is 3.94. The summed E-state index contributed by atoms with van der Waals surface area (Å²) in [5.74, 6) is 0.591. The molecule has 0 aliphatic carbocycles. The van der Waals surface area contributed by atoms with Crippen molar-refractivity contribution >= 4 is 34.6 Å². The van der Waals surface area contributed by atoms with Crippen LogP contribution >= 0.6 is 0 Å². The molecule has 4 rings (SSSR count). The van der Waals surface area contributed by atoms with Crippen LogP contribution < -0.4 is 15.1 Å². The number of benzene rings is 1. The van der Waals surface area contributed by atoms with E-state index in [1.807, 2.05) is 24.3 Å². The van der Waals surface area contributed by atoms with Crippen molar-refractivity contribution in [2.45, 2.75) is 25.9 Å². The average molecular weight is 419 g/mol. The molecule has 31 heavy (non-hydrogen) atoms. The number of amides is 2. The molecule has 0 saturated carbocycles. The van der Waals surface area contributed by atoms with Crippen LogP contribution in [0, 0.1) is 0 Å². The maximum absolute atomic E-state index is 12.1. The van der Waals surface area contributed by atoms with Gasteiger partial charge in [-0.05, 0) is 24.1 Å². The van der Waals surface area contributed by atoms with Gasteiger partial charge in [0.1, 0.15) is 0 Å². The summed E-state index contributed by atoms with van der Waals surface area (Å²) >= 11 is 0. The number of nitrogens with zero attached hydrogens (tertiary/aromatic N) is 5. The Balaban J connectivity index is 1.75. The second kappa shape index (κ2) is 8.59. The Hall–Kier alpha value is -3.68. The molecule has 1 saturated heterocycles. The van der Waals surface area contributed by atoms with Crippen LogP contribution in [0.25, 0.3) is 11.2 Å². The van der Waals surface area contributed by atoms with Crippen molar-refractivity contribution in [2.75, 3.05) is 29.9 Å².